The molecule has 0 bridgehead atoms. The normalized spacial score (nSPS) is 22.7. The van der Waals surface area contributed by atoms with E-state index in [1.54, 1.807) is 0 Å². The summed E-state index contributed by atoms with van der Waals surface area (Å²) in [7, 11) is 0. The Morgan fingerprint density at radius 3 is 2.29 bits per heavy atom. The Balaban J connectivity index is 1.84. The van der Waals surface area contributed by atoms with E-state index in [0.29, 0.717) is 0 Å². The average molecular weight is 454 g/mol. The number of nitrogens with zero attached hydrogens (tertiary/aromatic N) is 2. The van der Waals surface area contributed by atoms with Crippen molar-refractivity contribution in [2.45, 2.75) is 92.0 Å². The van der Waals surface area contributed by atoms with Crippen LogP contribution >= 0.6 is 0 Å². The number of pyridine rings is 1. The third kappa shape index (κ3) is 2.96. The standard InChI is InChI=1S/C32H41N2/c1-9-21(4)17-24-18-22(5)28(23(6)19-24)27-20-34-30-29-25(15-16-33(27)30)13-12-14-26(29)31(7,10-2)32(34,8)11-3/h12-16,18-21H,9-11,17H2,1-8H3/q+1. The highest BCUT2D eigenvalue weighted by molar-refractivity contribution is 5.97. The van der Waals surface area contributed by atoms with Crippen LogP contribution in [-0.2, 0) is 17.4 Å². The van der Waals surface area contributed by atoms with Gasteiger partial charge in [0.15, 0.2) is 5.69 Å². The van der Waals surface area contributed by atoms with Gasteiger partial charge in [0.25, 0.3) is 5.65 Å². The Kier molecular flexibility index (Phi) is 5.43. The minimum absolute atomic E-state index is 0.00615. The number of rotatable bonds is 6. The molecule has 0 aliphatic carbocycles. The lowest BCUT2D eigenvalue weighted by Crippen LogP contribution is -2.65. The van der Waals surface area contributed by atoms with Gasteiger partial charge in [-0.1, -0.05) is 71.4 Å². The molecule has 5 rings (SSSR count). The summed E-state index contributed by atoms with van der Waals surface area (Å²) >= 11 is 0. The van der Waals surface area contributed by atoms with Crippen LogP contribution in [0.25, 0.3) is 27.7 Å². The molecule has 2 nitrogen and oxygen atoms in total. The Bertz CT molecular complexity index is 1380. The minimum atomic E-state index is 0.00615. The fourth-order valence-corrected chi connectivity index (χ4v) is 6.81. The fraction of sp³-hybridized carbons (Fsp3) is 0.469. The van der Waals surface area contributed by atoms with Crippen LogP contribution in [0.15, 0.2) is 48.8 Å². The molecule has 1 aliphatic heterocycles. The van der Waals surface area contributed by atoms with Crippen molar-refractivity contribution >= 4 is 16.4 Å². The monoisotopic (exact) mass is 453 g/mol. The van der Waals surface area contributed by atoms with Crippen LogP contribution < -0.4 is 4.57 Å². The zero-order chi connectivity index (χ0) is 24.4. The van der Waals surface area contributed by atoms with Crippen LogP contribution in [-0.4, -0.2) is 4.40 Å². The van der Waals surface area contributed by atoms with E-state index in [2.05, 4.69) is 113 Å². The first-order valence-corrected chi connectivity index (χ1v) is 13.3. The molecule has 178 valence electrons. The Morgan fingerprint density at radius 2 is 1.68 bits per heavy atom. The van der Waals surface area contributed by atoms with Crippen molar-refractivity contribution < 1.29 is 4.57 Å². The first-order valence-electron chi connectivity index (χ1n) is 13.3. The lowest BCUT2D eigenvalue weighted by Gasteiger charge is -2.46. The van der Waals surface area contributed by atoms with Crippen LogP contribution in [0.2, 0.25) is 0 Å². The van der Waals surface area contributed by atoms with Crippen LogP contribution in [0.1, 0.15) is 83.1 Å². The van der Waals surface area contributed by atoms with E-state index in [9.17, 15) is 0 Å². The Morgan fingerprint density at radius 1 is 0.971 bits per heavy atom. The average Bonchev–Trinajstić information content (AvgIpc) is 3.21. The lowest BCUT2D eigenvalue weighted by atomic mass is 9.62. The number of aryl methyl sites for hydroxylation is 2. The van der Waals surface area contributed by atoms with Crippen molar-refractivity contribution in [1.82, 2.24) is 4.40 Å². The smallest absolute Gasteiger partial charge is 0.223 e. The summed E-state index contributed by atoms with van der Waals surface area (Å²) in [5, 5.41) is 2.77. The molecule has 2 aromatic heterocycles. The minimum Gasteiger partial charge on any atom is -0.223 e. The summed E-state index contributed by atoms with van der Waals surface area (Å²) in [6.45, 7) is 18.9. The number of aromatic nitrogens is 2. The molecule has 0 saturated heterocycles. The van der Waals surface area contributed by atoms with Crippen molar-refractivity contribution in [3.8, 4) is 11.3 Å². The largest absolute Gasteiger partial charge is 0.295 e. The van der Waals surface area contributed by atoms with E-state index in [4.69, 9.17) is 0 Å². The number of benzene rings is 2. The van der Waals surface area contributed by atoms with Crippen LogP contribution in [0.4, 0.5) is 0 Å². The number of imidazole rings is 1. The van der Waals surface area contributed by atoms with E-state index in [-0.39, 0.29) is 11.0 Å². The second-order valence-corrected chi connectivity index (χ2v) is 11.3. The predicted octanol–water partition coefficient (Wildman–Crippen LogP) is 8.06. The maximum absolute atomic E-state index is 2.63. The van der Waals surface area contributed by atoms with Gasteiger partial charge in [-0.3, -0.25) is 0 Å². The first kappa shape index (κ1) is 23.1. The molecule has 0 fully saturated rings. The molecule has 4 aromatic rings. The van der Waals surface area contributed by atoms with Gasteiger partial charge in [0, 0.05) is 11.0 Å². The number of hydrogen-bond donors (Lipinski definition) is 0. The summed E-state index contributed by atoms with van der Waals surface area (Å²) in [6.07, 6.45) is 9.36. The number of hydrogen-bond acceptors (Lipinski definition) is 0. The highest BCUT2D eigenvalue weighted by Gasteiger charge is 2.54. The van der Waals surface area contributed by atoms with Gasteiger partial charge in [-0.25, -0.2) is 4.57 Å². The molecule has 34 heavy (non-hydrogen) atoms. The zero-order valence-corrected chi connectivity index (χ0v) is 22.4. The zero-order valence-electron chi connectivity index (χ0n) is 22.4. The summed E-state index contributed by atoms with van der Waals surface area (Å²) in [4.78, 5) is 0. The summed E-state index contributed by atoms with van der Waals surface area (Å²) < 4.78 is 5.10. The van der Waals surface area contributed by atoms with E-state index in [1.807, 2.05) is 0 Å². The molecule has 3 heterocycles. The van der Waals surface area contributed by atoms with E-state index >= 15 is 0 Å². The third-order valence-corrected chi connectivity index (χ3v) is 9.53. The van der Waals surface area contributed by atoms with Gasteiger partial charge >= 0.3 is 0 Å². The van der Waals surface area contributed by atoms with Gasteiger partial charge in [-0.2, -0.15) is 4.40 Å². The predicted molar refractivity (Wildman–Crippen MR) is 145 cm³/mol. The van der Waals surface area contributed by atoms with Crippen LogP contribution in [0.5, 0.6) is 0 Å². The highest BCUT2D eigenvalue weighted by Crippen LogP contribution is 2.49. The molecule has 0 radical (unpaired) electrons. The molecule has 2 heteroatoms. The van der Waals surface area contributed by atoms with Gasteiger partial charge in [-0.05, 0) is 79.7 Å². The topological polar surface area (TPSA) is 8.29 Å². The lowest BCUT2D eigenvalue weighted by molar-refractivity contribution is -0.750. The fourth-order valence-electron chi connectivity index (χ4n) is 6.81. The molecular weight excluding hydrogens is 412 g/mol. The Hall–Kier alpha value is -2.61. The molecule has 0 spiro atoms. The molecule has 1 aliphatic rings. The summed E-state index contributed by atoms with van der Waals surface area (Å²) in [6, 6.07) is 14.1. The van der Waals surface area contributed by atoms with Crippen molar-refractivity contribution in [3.05, 3.63) is 71.0 Å². The molecule has 3 atom stereocenters. The first-order chi connectivity index (χ1) is 16.2. The van der Waals surface area contributed by atoms with Crippen LogP contribution in [0.3, 0.4) is 0 Å². The molecular formula is C32H41N2+. The van der Waals surface area contributed by atoms with Gasteiger partial charge in [-0.15, -0.1) is 0 Å². The van der Waals surface area contributed by atoms with E-state index in [1.165, 1.54) is 56.4 Å². The molecule has 0 saturated carbocycles. The molecule has 2 aromatic carbocycles. The summed E-state index contributed by atoms with van der Waals surface area (Å²) in [5.41, 5.74) is 9.87. The van der Waals surface area contributed by atoms with Gasteiger partial charge < -0.3 is 0 Å². The molecule has 3 unspecified atom stereocenters. The quantitative estimate of drug-likeness (QED) is 0.261. The van der Waals surface area contributed by atoms with Crippen molar-refractivity contribution in [2.75, 3.05) is 0 Å². The van der Waals surface area contributed by atoms with E-state index < -0.39 is 0 Å². The van der Waals surface area contributed by atoms with E-state index in [0.717, 1.165) is 25.2 Å². The Labute approximate surface area is 205 Å². The van der Waals surface area contributed by atoms with Crippen LogP contribution in [0, 0.1) is 19.8 Å². The van der Waals surface area contributed by atoms with Gasteiger partial charge in [0.2, 0.25) is 0 Å². The molecule has 0 amide bonds. The van der Waals surface area contributed by atoms with Gasteiger partial charge in [0.05, 0.1) is 11.6 Å². The SMILES string of the molecule is CCC(C)Cc1cc(C)c(-c2c[n+]3c4c5c(cccc5ccn24)C(C)(CC)C3(C)CC)c(C)c1. The second kappa shape index (κ2) is 7.97. The van der Waals surface area contributed by atoms with Crippen molar-refractivity contribution in [2.24, 2.45) is 5.92 Å². The van der Waals surface area contributed by atoms with Crippen molar-refractivity contribution in [3.63, 3.8) is 0 Å². The second-order valence-electron chi connectivity index (χ2n) is 11.3. The maximum atomic E-state index is 2.63. The third-order valence-electron chi connectivity index (χ3n) is 9.53. The highest BCUT2D eigenvalue weighted by atomic mass is 15.2. The summed E-state index contributed by atoms with van der Waals surface area (Å²) in [5.74, 6) is 0.719. The molecule has 0 N–H and O–H groups in total. The maximum Gasteiger partial charge on any atom is 0.295 e. The van der Waals surface area contributed by atoms with Crippen molar-refractivity contribution in [1.29, 1.82) is 0 Å². The van der Waals surface area contributed by atoms with Gasteiger partial charge in [0.1, 0.15) is 11.7 Å².